The number of hydrogen-bond donors (Lipinski definition) is 3. The molecule has 1 spiro atoms. The van der Waals surface area contributed by atoms with Gasteiger partial charge in [-0.2, -0.15) is 0 Å². The molecule has 3 N–H and O–H groups in total. The molecule has 6 rings (SSSR count). The Morgan fingerprint density at radius 3 is 2.61 bits per heavy atom. The van der Waals surface area contributed by atoms with E-state index < -0.39 is 5.72 Å². The number of rotatable bonds is 4. The maximum Gasteiger partial charge on any atom is 0.150 e. The number of fused-ring (bicyclic) bond motifs is 3. The molecule has 3 aliphatic heterocycles. The average Bonchev–Trinajstić information content (AvgIpc) is 3.12. The van der Waals surface area contributed by atoms with Gasteiger partial charge in [0.1, 0.15) is 12.0 Å². The van der Waals surface area contributed by atoms with E-state index in [2.05, 4.69) is 29.3 Å². The van der Waals surface area contributed by atoms with E-state index in [0.717, 1.165) is 44.9 Å². The Hall–Kier alpha value is -1.27. The fraction of sp³-hybridized carbons (Fsp3) is 0.731. The van der Waals surface area contributed by atoms with Gasteiger partial charge in [-0.1, -0.05) is 44.0 Å². The van der Waals surface area contributed by atoms with Crippen LogP contribution in [0, 0.1) is 17.3 Å². The number of aliphatic hydroxyl groups excluding tert-OH is 1. The number of nitrogens with zero attached hydrogens (tertiary/aromatic N) is 1. The number of carbonyl (C=O) groups excluding carboxylic acids is 1. The van der Waals surface area contributed by atoms with Crippen LogP contribution in [-0.2, 0) is 0 Å². The van der Waals surface area contributed by atoms with Crippen molar-refractivity contribution in [2.75, 3.05) is 6.54 Å². The summed E-state index contributed by atoms with van der Waals surface area (Å²) in [6.45, 7) is 3.03. The van der Waals surface area contributed by atoms with Crippen LogP contribution in [0.15, 0.2) is 24.3 Å². The van der Waals surface area contributed by atoms with E-state index >= 15 is 0 Å². The molecule has 5 nitrogen and oxygen atoms in total. The van der Waals surface area contributed by atoms with Crippen molar-refractivity contribution < 1.29 is 15.0 Å². The summed E-state index contributed by atoms with van der Waals surface area (Å²) in [7, 11) is 0. The molecule has 9 atom stereocenters. The van der Waals surface area contributed by atoms with Gasteiger partial charge in [0.05, 0.1) is 6.10 Å². The van der Waals surface area contributed by atoms with E-state index in [4.69, 9.17) is 0 Å². The highest BCUT2D eigenvalue weighted by atomic mass is 16.3. The first-order valence-corrected chi connectivity index (χ1v) is 12.4. The maximum absolute atomic E-state index is 11.5. The number of aldehydes is 1. The molecule has 1 aromatic rings. The molecular weight excluding hydrogens is 388 g/mol. The molecule has 0 radical (unpaired) electrons. The molecule has 168 valence electrons. The third kappa shape index (κ3) is 2.93. The van der Waals surface area contributed by atoms with Crippen LogP contribution in [0.25, 0.3) is 0 Å². The number of carbonyl (C=O) groups is 1. The van der Waals surface area contributed by atoms with Crippen LogP contribution in [0.4, 0.5) is 0 Å². The molecule has 5 aliphatic rings. The normalized spacial score (nSPS) is 46.0. The molecule has 0 bridgehead atoms. The summed E-state index contributed by atoms with van der Waals surface area (Å²) in [5.74, 6) is 1.18. The van der Waals surface area contributed by atoms with Crippen molar-refractivity contribution in [2.24, 2.45) is 17.3 Å². The lowest BCUT2D eigenvalue weighted by Crippen LogP contribution is -2.57. The van der Waals surface area contributed by atoms with Gasteiger partial charge < -0.3 is 15.5 Å². The van der Waals surface area contributed by atoms with Crippen molar-refractivity contribution in [3.8, 4) is 0 Å². The monoisotopic (exact) mass is 424 g/mol. The standard InChI is InChI=1S/C26H36N2O3/c1-16(18-6-4-17(14-29)5-7-18)22-13-20(26(31)15-28(22)26)21-9-8-19-12-23(30)25(24(19)27-21)10-2-3-11-25/h4-7,14,16,19-24,27,30-31H,2-3,8-13,15H2,1H3/t16-,19+,20+,21+,22-,23-,24-,26+,28?/m1/s1. The SMILES string of the molecule is C[C@H](c1ccc(C=O)cc1)[C@H]1C[C@@H]([C@@H]2CC[C@H]3C[C@@H](O)C4(CCCC4)[C@@H]3N2)[C@@]2(O)CN12. The van der Waals surface area contributed by atoms with Gasteiger partial charge in [-0.15, -0.1) is 0 Å². The van der Waals surface area contributed by atoms with Crippen molar-refractivity contribution >= 4 is 6.29 Å². The summed E-state index contributed by atoms with van der Waals surface area (Å²) in [6, 6.07) is 9.03. The Balaban J connectivity index is 1.20. The zero-order chi connectivity index (χ0) is 21.4. The summed E-state index contributed by atoms with van der Waals surface area (Å²) < 4.78 is 0. The van der Waals surface area contributed by atoms with Crippen molar-refractivity contribution in [1.82, 2.24) is 10.2 Å². The minimum Gasteiger partial charge on any atom is -0.392 e. The highest BCUT2D eigenvalue weighted by Crippen LogP contribution is 2.58. The Bertz CT molecular complexity index is 851. The molecule has 31 heavy (non-hydrogen) atoms. The first kappa shape index (κ1) is 20.3. The lowest BCUT2D eigenvalue weighted by atomic mass is 9.72. The molecule has 2 aliphatic carbocycles. The van der Waals surface area contributed by atoms with Gasteiger partial charge in [-0.05, 0) is 55.9 Å². The zero-order valence-electron chi connectivity index (χ0n) is 18.5. The van der Waals surface area contributed by atoms with E-state index in [0.29, 0.717) is 35.5 Å². The number of nitrogens with one attached hydrogen (secondary N) is 1. The second-order valence-electron chi connectivity index (χ2n) is 11.3. The second kappa shape index (κ2) is 7.11. The smallest absolute Gasteiger partial charge is 0.150 e. The number of benzene rings is 1. The summed E-state index contributed by atoms with van der Waals surface area (Å²) in [6.07, 6.45) is 9.82. The third-order valence-corrected chi connectivity index (χ3v) is 10.0. The molecule has 2 saturated carbocycles. The Kier molecular flexibility index (Phi) is 4.67. The minimum atomic E-state index is -0.660. The predicted molar refractivity (Wildman–Crippen MR) is 119 cm³/mol. The Morgan fingerprint density at radius 1 is 1.16 bits per heavy atom. The van der Waals surface area contributed by atoms with Gasteiger partial charge >= 0.3 is 0 Å². The molecule has 3 saturated heterocycles. The lowest BCUT2D eigenvalue weighted by Gasteiger charge is -2.44. The lowest BCUT2D eigenvalue weighted by molar-refractivity contribution is 0.00900. The Morgan fingerprint density at radius 2 is 1.90 bits per heavy atom. The van der Waals surface area contributed by atoms with E-state index in [1.54, 1.807) is 0 Å². The first-order chi connectivity index (χ1) is 15.0. The summed E-state index contributed by atoms with van der Waals surface area (Å²) in [5, 5.41) is 26.4. The highest BCUT2D eigenvalue weighted by Gasteiger charge is 2.68. The van der Waals surface area contributed by atoms with Crippen molar-refractivity contribution in [2.45, 2.75) is 94.2 Å². The molecule has 0 amide bonds. The molecule has 3 heterocycles. The van der Waals surface area contributed by atoms with Crippen molar-refractivity contribution in [3.05, 3.63) is 35.4 Å². The van der Waals surface area contributed by atoms with E-state index in [1.807, 2.05) is 12.1 Å². The fourth-order valence-corrected chi connectivity index (χ4v) is 8.21. The fourth-order valence-electron chi connectivity index (χ4n) is 8.21. The van der Waals surface area contributed by atoms with E-state index in [-0.39, 0.29) is 17.4 Å². The summed E-state index contributed by atoms with van der Waals surface area (Å²) in [5.41, 5.74) is 1.38. The van der Waals surface area contributed by atoms with Gasteiger partial charge in [0, 0.05) is 41.6 Å². The van der Waals surface area contributed by atoms with Crippen LogP contribution in [0.3, 0.4) is 0 Å². The van der Waals surface area contributed by atoms with Gasteiger partial charge in [0.15, 0.2) is 0 Å². The zero-order valence-corrected chi connectivity index (χ0v) is 18.5. The molecule has 1 aromatic carbocycles. The van der Waals surface area contributed by atoms with Gasteiger partial charge in [-0.3, -0.25) is 9.69 Å². The van der Waals surface area contributed by atoms with Gasteiger partial charge in [0.25, 0.3) is 0 Å². The van der Waals surface area contributed by atoms with Crippen LogP contribution >= 0.6 is 0 Å². The van der Waals surface area contributed by atoms with Crippen molar-refractivity contribution in [3.63, 3.8) is 0 Å². The highest BCUT2D eigenvalue weighted by molar-refractivity contribution is 5.74. The first-order valence-electron chi connectivity index (χ1n) is 12.4. The Labute approximate surface area is 185 Å². The van der Waals surface area contributed by atoms with Crippen LogP contribution < -0.4 is 5.32 Å². The average molecular weight is 425 g/mol. The minimum absolute atomic E-state index is 0.0841. The van der Waals surface area contributed by atoms with Crippen LogP contribution in [0.2, 0.25) is 0 Å². The molecule has 0 aromatic heterocycles. The number of piperidine rings is 2. The largest absolute Gasteiger partial charge is 0.392 e. The number of hydrogen-bond acceptors (Lipinski definition) is 5. The number of aliphatic hydroxyl groups is 2. The maximum atomic E-state index is 11.5. The topological polar surface area (TPSA) is 72.6 Å². The summed E-state index contributed by atoms with van der Waals surface area (Å²) >= 11 is 0. The van der Waals surface area contributed by atoms with Crippen LogP contribution in [0.5, 0.6) is 0 Å². The molecule has 5 heteroatoms. The van der Waals surface area contributed by atoms with Crippen LogP contribution in [0.1, 0.15) is 80.1 Å². The quantitative estimate of drug-likeness (QED) is 0.512. The van der Waals surface area contributed by atoms with Gasteiger partial charge in [-0.25, -0.2) is 0 Å². The van der Waals surface area contributed by atoms with Crippen molar-refractivity contribution in [1.29, 1.82) is 0 Å². The van der Waals surface area contributed by atoms with Gasteiger partial charge in [0.2, 0.25) is 0 Å². The van der Waals surface area contributed by atoms with Crippen LogP contribution in [-0.4, -0.2) is 57.9 Å². The molecule has 5 fully saturated rings. The summed E-state index contributed by atoms with van der Waals surface area (Å²) in [4.78, 5) is 13.3. The second-order valence-corrected chi connectivity index (χ2v) is 11.3. The van der Waals surface area contributed by atoms with E-state index in [1.165, 1.54) is 24.8 Å². The van der Waals surface area contributed by atoms with E-state index in [9.17, 15) is 15.0 Å². The predicted octanol–water partition coefficient (Wildman–Crippen LogP) is 3.06. The molecular formula is C26H36N2O3. The third-order valence-electron chi connectivity index (χ3n) is 10.0. The molecule has 1 unspecified atom stereocenters.